The Morgan fingerprint density at radius 3 is 2.20 bits per heavy atom. The maximum Gasteiger partial charge on any atom is 0.126 e. The summed E-state index contributed by atoms with van der Waals surface area (Å²) in [4.78, 5) is -0.148. The van der Waals surface area contributed by atoms with Crippen molar-refractivity contribution in [1.29, 1.82) is 0 Å². The number of hydrogen-bond donors (Lipinski definition) is 0. The Morgan fingerprint density at radius 1 is 1.27 bits per heavy atom. The van der Waals surface area contributed by atoms with E-state index in [2.05, 4.69) is 51.8 Å². The Labute approximate surface area is 119 Å². The minimum absolute atomic E-state index is 0.284. The van der Waals surface area contributed by atoms with Gasteiger partial charge in [-0.05, 0) is 19.8 Å². The van der Waals surface area contributed by atoms with Crippen LogP contribution in [0.3, 0.4) is 0 Å². The van der Waals surface area contributed by atoms with Crippen molar-refractivity contribution in [3.63, 3.8) is 0 Å². The molecular weight excluding hydrogens is 363 g/mol. The molecule has 0 aliphatic carbocycles. The van der Waals surface area contributed by atoms with E-state index in [1.165, 1.54) is 5.57 Å². The van der Waals surface area contributed by atoms with E-state index in [0.29, 0.717) is 5.92 Å². The van der Waals surface area contributed by atoms with Gasteiger partial charge in [0.1, 0.15) is 4.84 Å². The van der Waals surface area contributed by atoms with Gasteiger partial charge in [0.05, 0.1) is 0 Å². The molecule has 0 nitrogen and oxygen atoms in total. The van der Waals surface area contributed by atoms with Gasteiger partial charge in [0, 0.05) is 10.2 Å². The molecule has 0 N–H and O–H groups in total. The van der Waals surface area contributed by atoms with Gasteiger partial charge < -0.3 is 0 Å². The molecule has 88 valence electrons. The summed E-state index contributed by atoms with van der Waals surface area (Å²) in [5.74, 6) is 0.422. The minimum atomic E-state index is -0.432. The molecule has 15 heavy (non-hydrogen) atoms. The number of rotatable bonds is 5. The monoisotopic (exact) mass is 376 g/mol. The van der Waals surface area contributed by atoms with Gasteiger partial charge in [-0.3, -0.25) is 0 Å². The van der Waals surface area contributed by atoms with Gasteiger partial charge in [-0.15, -0.1) is 23.2 Å². The zero-order valence-electron chi connectivity index (χ0n) is 9.11. The average Bonchev–Trinajstić information content (AvgIpc) is 2.15. The first-order chi connectivity index (χ1) is 6.88. The summed E-state index contributed by atoms with van der Waals surface area (Å²) in [6, 6.07) is 0. The standard InChI is InChI=1S/C11H16Br2Cl2/c1-7(6-12)4-8(2)11(13)9(3)5-10(14)15/h4-5,8,10-11H,6H2,1-3H3. The molecule has 2 unspecified atom stereocenters. The van der Waals surface area contributed by atoms with Crippen molar-refractivity contribution in [2.45, 2.75) is 30.4 Å². The van der Waals surface area contributed by atoms with E-state index in [-0.39, 0.29) is 4.83 Å². The third-order valence-electron chi connectivity index (χ3n) is 2.04. The highest BCUT2D eigenvalue weighted by Crippen LogP contribution is 2.25. The van der Waals surface area contributed by atoms with E-state index in [0.717, 1.165) is 10.9 Å². The quantitative estimate of drug-likeness (QED) is 0.439. The fourth-order valence-electron chi connectivity index (χ4n) is 1.28. The summed E-state index contributed by atoms with van der Waals surface area (Å²) in [6.45, 7) is 6.31. The van der Waals surface area contributed by atoms with Gasteiger partial charge in [0.2, 0.25) is 0 Å². The van der Waals surface area contributed by atoms with E-state index in [9.17, 15) is 0 Å². The second-order valence-corrected chi connectivity index (χ2v) is 6.36. The Hall–Kier alpha value is 1.02. The second-order valence-electron chi connectivity index (χ2n) is 3.65. The lowest BCUT2D eigenvalue weighted by atomic mass is 10.00. The Bertz CT molecular complexity index is 247. The summed E-state index contributed by atoms with van der Waals surface area (Å²) in [5, 5.41) is 0.910. The maximum atomic E-state index is 5.70. The fourth-order valence-corrected chi connectivity index (χ4v) is 2.17. The van der Waals surface area contributed by atoms with Crippen LogP contribution in [0, 0.1) is 5.92 Å². The first-order valence-electron chi connectivity index (χ1n) is 4.72. The molecule has 0 rings (SSSR count). The highest BCUT2D eigenvalue weighted by molar-refractivity contribution is 9.09. The van der Waals surface area contributed by atoms with Gasteiger partial charge >= 0.3 is 0 Å². The molecular formula is C11H16Br2Cl2. The van der Waals surface area contributed by atoms with Crippen LogP contribution < -0.4 is 0 Å². The highest BCUT2D eigenvalue weighted by atomic mass is 79.9. The van der Waals surface area contributed by atoms with Gasteiger partial charge in [-0.1, -0.05) is 62.1 Å². The summed E-state index contributed by atoms with van der Waals surface area (Å²) in [5.41, 5.74) is 2.49. The van der Waals surface area contributed by atoms with Crippen LogP contribution in [0.1, 0.15) is 20.8 Å². The molecule has 0 radical (unpaired) electrons. The summed E-state index contributed by atoms with van der Waals surface area (Å²) in [7, 11) is 0. The van der Waals surface area contributed by atoms with Gasteiger partial charge in [0.15, 0.2) is 0 Å². The molecule has 4 heteroatoms. The Kier molecular flexibility index (Phi) is 8.72. The van der Waals surface area contributed by atoms with Crippen molar-refractivity contribution in [3.05, 3.63) is 23.3 Å². The largest absolute Gasteiger partial charge is 0.126 e. The second kappa shape index (κ2) is 8.16. The first kappa shape index (κ1) is 16.0. The first-order valence-corrected chi connectivity index (χ1v) is 7.63. The molecule has 0 saturated heterocycles. The summed E-state index contributed by atoms with van der Waals surface area (Å²) >= 11 is 18.5. The van der Waals surface area contributed by atoms with Crippen LogP contribution >= 0.6 is 55.1 Å². The van der Waals surface area contributed by atoms with Gasteiger partial charge in [-0.2, -0.15) is 0 Å². The molecule has 0 aliphatic rings. The number of allylic oxidation sites excluding steroid dienone is 4. The zero-order valence-corrected chi connectivity index (χ0v) is 13.8. The van der Waals surface area contributed by atoms with Crippen LogP contribution in [0.15, 0.2) is 23.3 Å². The van der Waals surface area contributed by atoms with E-state index >= 15 is 0 Å². The molecule has 0 aliphatic heterocycles. The normalized spacial score (nSPS) is 18.1. The molecule has 0 heterocycles. The third-order valence-corrected chi connectivity index (χ3v) is 4.74. The molecule has 0 bridgehead atoms. The lowest BCUT2D eigenvalue weighted by Crippen LogP contribution is -2.11. The number of halogens is 4. The Morgan fingerprint density at radius 2 is 1.80 bits per heavy atom. The lowest BCUT2D eigenvalue weighted by molar-refractivity contribution is 0.736. The molecule has 0 amide bonds. The topological polar surface area (TPSA) is 0 Å². The number of hydrogen-bond acceptors (Lipinski definition) is 0. The van der Waals surface area contributed by atoms with Crippen LogP contribution in [0.25, 0.3) is 0 Å². The predicted octanol–water partition coefficient (Wildman–Crippen LogP) is 5.48. The van der Waals surface area contributed by atoms with Crippen LogP contribution in [0.2, 0.25) is 0 Å². The SMILES string of the molecule is CC(=CC(C)C(Br)C(C)=CC(Cl)Cl)CBr. The summed E-state index contributed by atoms with van der Waals surface area (Å²) in [6.07, 6.45) is 4.10. The van der Waals surface area contributed by atoms with Crippen molar-refractivity contribution in [1.82, 2.24) is 0 Å². The Balaban J connectivity index is 4.51. The third kappa shape index (κ3) is 7.04. The minimum Gasteiger partial charge on any atom is -0.101 e. The van der Waals surface area contributed by atoms with E-state index < -0.39 is 4.84 Å². The van der Waals surface area contributed by atoms with Crippen LogP contribution in [-0.4, -0.2) is 15.0 Å². The summed E-state index contributed by atoms with van der Waals surface area (Å²) < 4.78 is 0. The average molecular weight is 379 g/mol. The highest BCUT2D eigenvalue weighted by Gasteiger charge is 2.14. The van der Waals surface area contributed by atoms with Crippen molar-refractivity contribution < 1.29 is 0 Å². The van der Waals surface area contributed by atoms with E-state index in [1.54, 1.807) is 0 Å². The van der Waals surface area contributed by atoms with E-state index in [4.69, 9.17) is 23.2 Å². The van der Waals surface area contributed by atoms with Crippen LogP contribution in [0.4, 0.5) is 0 Å². The van der Waals surface area contributed by atoms with Crippen molar-refractivity contribution >= 4 is 55.1 Å². The molecule has 0 saturated carbocycles. The van der Waals surface area contributed by atoms with Crippen molar-refractivity contribution in [2.75, 3.05) is 5.33 Å². The van der Waals surface area contributed by atoms with Gasteiger partial charge in [0.25, 0.3) is 0 Å². The van der Waals surface area contributed by atoms with E-state index in [1.807, 2.05) is 13.0 Å². The predicted molar refractivity (Wildman–Crippen MR) is 78.7 cm³/mol. The fraction of sp³-hybridized carbons (Fsp3) is 0.636. The molecule has 0 aromatic rings. The molecule has 0 aromatic heterocycles. The van der Waals surface area contributed by atoms with Crippen molar-refractivity contribution in [2.24, 2.45) is 5.92 Å². The maximum absolute atomic E-state index is 5.70. The number of alkyl halides is 4. The zero-order chi connectivity index (χ0) is 12.0. The smallest absolute Gasteiger partial charge is 0.101 e. The molecule has 0 aromatic carbocycles. The van der Waals surface area contributed by atoms with Crippen LogP contribution in [-0.2, 0) is 0 Å². The molecule has 2 atom stereocenters. The van der Waals surface area contributed by atoms with Crippen LogP contribution in [0.5, 0.6) is 0 Å². The van der Waals surface area contributed by atoms with Gasteiger partial charge in [-0.25, -0.2) is 0 Å². The molecule has 0 fully saturated rings. The molecule has 0 spiro atoms. The van der Waals surface area contributed by atoms with Crippen molar-refractivity contribution in [3.8, 4) is 0 Å². The lowest BCUT2D eigenvalue weighted by Gasteiger charge is -2.17.